The molecule has 0 radical (unpaired) electrons. The molecule has 160 valence electrons. The SMILES string of the molecule is O=C(Nc1ccc(OC(CCCl)C(=O)c2ccc(Cl)cc2)cc1)c1ccc(Cl)cc1Cl. The fourth-order valence-corrected chi connectivity index (χ4v) is 3.61. The van der Waals surface area contributed by atoms with E-state index in [0.29, 0.717) is 39.0 Å². The van der Waals surface area contributed by atoms with Crippen LogP contribution in [0, 0.1) is 0 Å². The molecule has 0 saturated carbocycles. The second-order valence-corrected chi connectivity index (χ2v) is 8.22. The van der Waals surface area contributed by atoms with Gasteiger partial charge in [0.2, 0.25) is 5.78 Å². The highest BCUT2D eigenvalue weighted by Crippen LogP contribution is 2.24. The Morgan fingerprint density at radius 1 is 0.871 bits per heavy atom. The van der Waals surface area contributed by atoms with E-state index in [1.165, 1.54) is 6.07 Å². The summed E-state index contributed by atoms with van der Waals surface area (Å²) in [6.07, 6.45) is -0.400. The van der Waals surface area contributed by atoms with E-state index >= 15 is 0 Å². The van der Waals surface area contributed by atoms with Gasteiger partial charge in [0.25, 0.3) is 5.91 Å². The molecule has 3 aromatic rings. The van der Waals surface area contributed by atoms with Gasteiger partial charge in [-0.1, -0.05) is 34.8 Å². The van der Waals surface area contributed by atoms with Gasteiger partial charge in [0.05, 0.1) is 10.6 Å². The standard InChI is InChI=1S/C23H17Cl4NO3/c24-12-11-21(22(29)14-1-3-15(25)4-2-14)31-18-8-6-17(7-9-18)28-23(30)19-10-5-16(26)13-20(19)27/h1-10,13,21H,11-12H2,(H,28,30). The Morgan fingerprint density at radius 2 is 1.52 bits per heavy atom. The molecule has 0 aliphatic carbocycles. The summed E-state index contributed by atoms with van der Waals surface area (Å²) in [6, 6.07) is 17.9. The Bertz CT molecular complexity index is 1070. The summed E-state index contributed by atoms with van der Waals surface area (Å²) in [5.74, 6) is 0.181. The van der Waals surface area contributed by atoms with Crippen molar-refractivity contribution in [2.24, 2.45) is 0 Å². The van der Waals surface area contributed by atoms with Crippen LogP contribution in [-0.2, 0) is 0 Å². The van der Waals surface area contributed by atoms with Crippen LogP contribution in [0.3, 0.4) is 0 Å². The Balaban J connectivity index is 1.68. The minimum absolute atomic E-state index is 0.188. The van der Waals surface area contributed by atoms with E-state index in [0.717, 1.165) is 0 Å². The van der Waals surface area contributed by atoms with Crippen LogP contribution in [0.5, 0.6) is 5.75 Å². The lowest BCUT2D eigenvalue weighted by molar-refractivity contribution is 0.0788. The van der Waals surface area contributed by atoms with E-state index in [2.05, 4.69) is 5.32 Å². The van der Waals surface area contributed by atoms with Crippen molar-refractivity contribution < 1.29 is 14.3 Å². The predicted molar refractivity (Wildman–Crippen MR) is 126 cm³/mol. The number of anilines is 1. The van der Waals surface area contributed by atoms with Crippen molar-refractivity contribution in [1.29, 1.82) is 0 Å². The van der Waals surface area contributed by atoms with E-state index < -0.39 is 6.10 Å². The first-order valence-corrected chi connectivity index (χ1v) is 10.9. The highest BCUT2D eigenvalue weighted by atomic mass is 35.5. The maximum absolute atomic E-state index is 12.8. The third-order valence-corrected chi connectivity index (χ3v) is 5.38. The number of hydrogen-bond acceptors (Lipinski definition) is 3. The van der Waals surface area contributed by atoms with Gasteiger partial charge in [-0.3, -0.25) is 9.59 Å². The first kappa shape index (κ1) is 23.4. The number of halogens is 4. The van der Waals surface area contributed by atoms with Gasteiger partial charge in [-0.15, -0.1) is 11.6 Å². The lowest BCUT2D eigenvalue weighted by Gasteiger charge is -2.18. The number of alkyl halides is 1. The molecule has 31 heavy (non-hydrogen) atoms. The number of hydrogen-bond donors (Lipinski definition) is 1. The van der Waals surface area contributed by atoms with Crippen molar-refractivity contribution >= 4 is 63.8 Å². The molecule has 0 aliphatic rings. The second kappa shape index (κ2) is 10.9. The minimum atomic E-state index is -0.744. The highest BCUT2D eigenvalue weighted by Gasteiger charge is 2.21. The normalized spacial score (nSPS) is 11.6. The van der Waals surface area contributed by atoms with Gasteiger partial charge in [-0.05, 0) is 66.7 Å². The number of amides is 1. The summed E-state index contributed by atoms with van der Waals surface area (Å²) >= 11 is 23.7. The van der Waals surface area contributed by atoms with Crippen molar-refractivity contribution in [2.75, 3.05) is 11.2 Å². The largest absolute Gasteiger partial charge is 0.482 e. The molecule has 0 spiro atoms. The number of carbonyl (C=O) groups excluding carboxylic acids is 2. The maximum atomic E-state index is 12.8. The minimum Gasteiger partial charge on any atom is -0.482 e. The van der Waals surface area contributed by atoms with Gasteiger partial charge in [-0.25, -0.2) is 0 Å². The molecule has 0 heterocycles. The molecule has 3 rings (SSSR count). The van der Waals surface area contributed by atoms with E-state index in [9.17, 15) is 9.59 Å². The van der Waals surface area contributed by atoms with Gasteiger partial charge in [-0.2, -0.15) is 0 Å². The summed E-state index contributed by atoms with van der Waals surface area (Å²) in [7, 11) is 0. The third kappa shape index (κ3) is 6.37. The second-order valence-electron chi connectivity index (χ2n) is 6.56. The van der Waals surface area contributed by atoms with E-state index in [1.54, 1.807) is 60.7 Å². The molecule has 1 N–H and O–H groups in total. The first-order valence-electron chi connectivity index (χ1n) is 9.26. The zero-order chi connectivity index (χ0) is 22.4. The Hall–Kier alpha value is -2.24. The molecule has 1 atom stereocenters. The molecule has 0 aromatic heterocycles. The topological polar surface area (TPSA) is 55.4 Å². The van der Waals surface area contributed by atoms with E-state index in [-0.39, 0.29) is 22.6 Å². The zero-order valence-electron chi connectivity index (χ0n) is 16.1. The van der Waals surface area contributed by atoms with Crippen LogP contribution in [-0.4, -0.2) is 23.7 Å². The Kier molecular flexibility index (Phi) is 8.22. The molecule has 0 fully saturated rings. The molecule has 0 saturated heterocycles. The van der Waals surface area contributed by atoms with Crippen molar-refractivity contribution in [1.82, 2.24) is 0 Å². The number of rotatable bonds is 8. The van der Waals surface area contributed by atoms with Gasteiger partial charge in [0, 0.05) is 33.6 Å². The number of ether oxygens (including phenoxy) is 1. The predicted octanol–water partition coefficient (Wildman–Crippen LogP) is 7.16. The van der Waals surface area contributed by atoms with Crippen LogP contribution in [0.1, 0.15) is 27.1 Å². The highest BCUT2D eigenvalue weighted by molar-refractivity contribution is 6.37. The lowest BCUT2D eigenvalue weighted by Crippen LogP contribution is -2.28. The lowest BCUT2D eigenvalue weighted by atomic mass is 10.0. The fraction of sp³-hybridized carbons (Fsp3) is 0.130. The van der Waals surface area contributed by atoms with Crippen molar-refractivity contribution in [3.8, 4) is 5.75 Å². The number of ketones is 1. The summed E-state index contributed by atoms with van der Waals surface area (Å²) in [6.45, 7) is 0. The molecule has 8 heteroatoms. The average molecular weight is 497 g/mol. The van der Waals surface area contributed by atoms with E-state index in [1.807, 2.05) is 0 Å². The third-order valence-electron chi connectivity index (χ3n) is 4.36. The van der Waals surface area contributed by atoms with Crippen LogP contribution in [0.4, 0.5) is 5.69 Å². The Morgan fingerprint density at radius 3 is 2.13 bits per heavy atom. The van der Waals surface area contributed by atoms with Crippen LogP contribution in [0.2, 0.25) is 15.1 Å². The number of benzene rings is 3. The first-order chi connectivity index (χ1) is 14.9. The average Bonchev–Trinajstić information content (AvgIpc) is 2.74. The summed E-state index contributed by atoms with van der Waals surface area (Å²) in [4.78, 5) is 25.2. The van der Waals surface area contributed by atoms with Crippen molar-refractivity contribution in [3.63, 3.8) is 0 Å². The zero-order valence-corrected chi connectivity index (χ0v) is 19.1. The van der Waals surface area contributed by atoms with Crippen molar-refractivity contribution in [3.05, 3.63) is 92.9 Å². The van der Waals surface area contributed by atoms with Crippen LogP contribution >= 0.6 is 46.4 Å². The molecule has 1 amide bonds. The Labute approximate surface area is 200 Å². The van der Waals surface area contributed by atoms with Gasteiger partial charge >= 0.3 is 0 Å². The quantitative estimate of drug-likeness (QED) is 0.266. The van der Waals surface area contributed by atoms with Gasteiger partial charge < -0.3 is 10.1 Å². The molecular formula is C23H17Cl4NO3. The van der Waals surface area contributed by atoms with Crippen LogP contribution in [0.25, 0.3) is 0 Å². The van der Waals surface area contributed by atoms with Crippen molar-refractivity contribution in [2.45, 2.75) is 12.5 Å². The van der Waals surface area contributed by atoms with Gasteiger partial charge in [0.15, 0.2) is 6.10 Å². The monoisotopic (exact) mass is 495 g/mol. The summed E-state index contributed by atoms with van der Waals surface area (Å²) < 4.78 is 5.86. The maximum Gasteiger partial charge on any atom is 0.257 e. The summed E-state index contributed by atoms with van der Waals surface area (Å²) in [5, 5.41) is 4.01. The van der Waals surface area contributed by atoms with E-state index in [4.69, 9.17) is 51.1 Å². The summed E-state index contributed by atoms with van der Waals surface area (Å²) in [5.41, 5.74) is 1.34. The smallest absolute Gasteiger partial charge is 0.257 e. The number of carbonyl (C=O) groups is 2. The van der Waals surface area contributed by atoms with Crippen LogP contribution in [0.15, 0.2) is 66.7 Å². The molecule has 0 bridgehead atoms. The molecule has 4 nitrogen and oxygen atoms in total. The van der Waals surface area contributed by atoms with Gasteiger partial charge in [0.1, 0.15) is 5.75 Å². The molecule has 3 aromatic carbocycles. The fourth-order valence-electron chi connectivity index (χ4n) is 2.80. The molecular weight excluding hydrogens is 480 g/mol. The molecule has 0 aliphatic heterocycles. The number of nitrogens with one attached hydrogen (secondary N) is 1. The molecule has 1 unspecified atom stereocenters. The number of Topliss-reactive ketones (excluding diaryl/α,β-unsaturated/α-hetero) is 1. The van der Waals surface area contributed by atoms with Crippen LogP contribution < -0.4 is 10.1 Å².